The molecule has 2 unspecified atom stereocenters. The van der Waals surface area contributed by atoms with Gasteiger partial charge in [-0.15, -0.1) is 0 Å². The minimum absolute atomic E-state index is 0.0376. The Hall–Kier alpha value is -1.86. The molecule has 1 aromatic rings. The summed E-state index contributed by atoms with van der Waals surface area (Å²) in [6.45, 7) is 5.64. The van der Waals surface area contributed by atoms with E-state index in [0.29, 0.717) is 12.2 Å². The predicted molar refractivity (Wildman–Crippen MR) is 66.9 cm³/mol. The van der Waals surface area contributed by atoms with E-state index in [4.69, 9.17) is 10.00 Å². The zero-order valence-electron chi connectivity index (χ0n) is 10.6. The fourth-order valence-electron chi connectivity index (χ4n) is 1.98. The molecule has 2 rings (SSSR count). The van der Waals surface area contributed by atoms with Gasteiger partial charge in [-0.25, -0.2) is 4.79 Å². The van der Waals surface area contributed by atoms with Crippen molar-refractivity contribution >= 4 is 5.97 Å². The van der Waals surface area contributed by atoms with E-state index in [1.807, 2.05) is 19.1 Å². The monoisotopic (exact) mass is 244 g/mol. The van der Waals surface area contributed by atoms with Gasteiger partial charge in [-0.05, 0) is 31.0 Å². The maximum absolute atomic E-state index is 11.8. The summed E-state index contributed by atoms with van der Waals surface area (Å²) in [5, 5.41) is 8.77. The van der Waals surface area contributed by atoms with Crippen molar-refractivity contribution in [2.24, 2.45) is 0 Å². The zero-order chi connectivity index (χ0) is 13.1. The Balaban J connectivity index is 2.15. The third kappa shape index (κ3) is 2.52. The Kier molecular flexibility index (Phi) is 3.63. The largest absolute Gasteiger partial charge is 0.462 e. The quantitative estimate of drug-likeness (QED) is 0.599. The fraction of sp³-hybridized carbons (Fsp3) is 0.429. The van der Waals surface area contributed by atoms with Crippen LogP contribution in [0.1, 0.15) is 28.4 Å². The smallest absolute Gasteiger partial charge is 0.338 e. The third-order valence-electron chi connectivity index (χ3n) is 3.18. The number of benzene rings is 1. The van der Waals surface area contributed by atoms with E-state index in [0.717, 1.165) is 24.2 Å². The average molecular weight is 244 g/mol. The summed E-state index contributed by atoms with van der Waals surface area (Å²) in [6, 6.07) is 7.89. The molecule has 0 aliphatic carbocycles. The Morgan fingerprint density at radius 3 is 3.00 bits per heavy atom. The molecular weight excluding hydrogens is 228 g/mol. The normalized spacial score (nSPS) is 21.2. The van der Waals surface area contributed by atoms with Crippen molar-refractivity contribution < 1.29 is 9.53 Å². The van der Waals surface area contributed by atoms with Gasteiger partial charge < -0.3 is 4.74 Å². The molecule has 0 bridgehead atoms. The molecule has 1 fully saturated rings. The molecule has 1 aromatic carbocycles. The molecular formula is C14H16N2O2. The number of rotatable bonds is 4. The van der Waals surface area contributed by atoms with Gasteiger partial charge in [0.2, 0.25) is 0 Å². The van der Waals surface area contributed by atoms with Crippen LogP contribution in [0.3, 0.4) is 0 Å². The molecule has 0 amide bonds. The summed E-state index contributed by atoms with van der Waals surface area (Å²) in [5.41, 5.74) is 2.64. The minimum Gasteiger partial charge on any atom is -0.462 e. The van der Waals surface area contributed by atoms with Crippen molar-refractivity contribution in [3.63, 3.8) is 0 Å². The van der Waals surface area contributed by atoms with Gasteiger partial charge in [-0.2, -0.15) is 5.26 Å². The van der Waals surface area contributed by atoms with Crippen molar-refractivity contribution in [1.82, 2.24) is 4.90 Å². The first-order chi connectivity index (χ1) is 8.67. The van der Waals surface area contributed by atoms with Crippen LogP contribution in [-0.2, 0) is 11.3 Å². The minimum atomic E-state index is -0.278. The predicted octanol–water partition coefficient (Wildman–Crippen LogP) is 1.88. The third-order valence-corrected chi connectivity index (χ3v) is 3.18. The number of esters is 1. The highest BCUT2D eigenvalue weighted by Crippen LogP contribution is 2.23. The maximum Gasteiger partial charge on any atom is 0.338 e. The summed E-state index contributed by atoms with van der Waals surface area (Å²) < 4.78 is 5.02. The molecule has 1 aliphatic rings. The van der Waals surface area contributed by atoms with Crippen LogP contribution >= 0.6 is 0 Å². The number of hydrogen-bond donors (Lipinski definition) is 0. The molecule has 94 valence electrons. The summed E-state index contributed by atoms with van der Waals surface area (Å²) in [7, 11) is 0. The highest BCUT2D eigenvalue weighted by atomic mass is 16.5. The van der Waals surface area contributed by atoms with Gasteiger partial charge in [0, 0.05) is 13.1 Å². The van der Waals surface area contributed by atoms with Gasteiger partial charge in [-0.3, -0.25) is 4.90 Å². The SMILES string of the molecule is CCOC(=O)c1cccc(CN2CC2C#N)c1C. The van der Waals surface area contributed by atoms with E-state index in [2.05, 4.69) is 11.0 Å². The maximum atomic E-state index is 11.8. The van der Waals surface area contributed by atoms with Crippen molar-refractivity contribution in [3.8, 4) is 6.07 Å². The van der Waals surface area contributed by atoms with Gasteiger partial charge in [0.25, 0.3) is 0 Å². The van der Waals surface area contributed by atoms with Crippen LogP contribution in [0.25, 0.3) is 0 Å². The molecule has 0 spiro atoms. The molecule has 1 heterocycles. The number of ether oxygens (including phenoxy) is 1. The van der Waals surface area contributed by atoms with E-state index in [9.17, 15) is 4.79 Å². The fourth-order valence-corrected chi connectivity index (χ4v) is 1.98. The van der Waals surface area contributed by atoms with Crippen molar-refractivity contribution in [2.45, 2.75) is 26.4 Å². The van der Waals surface area contributed by atoms with Crippen molar-refractivity contribution in [2.75, 3.05) is 13.2 Å². The first-order valence-corrected chi connectivity index (χ1v) is 6.06. The number of carbonyl (C=O) groups is 1. The number of hydrogen-bond acceptors (Lipinski definition) is 4. The molecule has 1 aliphatic heterocycles. The zero-order valence-corrected chi connectivity index (χ0v) is 10.6. The van der Waals surface area contributed by atoms with Gasteiger partial charge in [-0.1, -0.05) is 12.1 Å². The molecule has 0 N–H and O–H groups in total. The van der Waals surface area contributed by atoms with E-state index in [-0.39, 0.29) is 12.0 Å². The number of carbonyl (C=O) groups excluding carboxylic acids is 1. The summed E-state index contributed by atoms with van der Waals surface area (Å²) >= 11 is 0. The molecule has 4 heteroatoms. The second-order valence-electron chi connectivity index (χ2n) is 4.38. The Morgan fingerprint density at radius 1 is 1.61 bits per heavy atom. The van der Waals surface area contributed by atoms with E-state index in [1.54, 1.807) is 13.0 Å². The number of nitriles is 1. The topological polar surface area (TPSA) is 53.1 Å². The molecule has 0 saturated carbocycles. The first-order valence-electron chi connectivity index (χ1n) is 6.06. The Morgan fingerprint density at radius 2 is 2.39 bits per heavy atom. The van der Waals surface area contributed by atoms with Gasteiger partial charge in [0.15, 0.2) is 0 Å². The summed E-state index contributed by atoms with van der Waals surface area (Å²) in [5.74, 6) is -0.278. The summed E-state index contributed by atoms with van der Waals surface area (Å²) in [6.07, 6.45) is 0. The lowest BCUT2D eigenvalue weighted by atomic mass is 10.0. The standard InChI is InChI=1S/C14H16N2O2/c1-3-18-14(17)13-6-4-5-11(10(13)2)8-16-9-12(16)7-15/h4-6,12H,3,8-9H2,1-2H3. The van der Waals surface area contributed by atoms with Gasteiger partial charge in [0.05, 0.1) is 18.2 Å². The second kappa shape index (κ2) is 5.19. The highest BCUT2D eigenvalue weighted by molar-refractivity contribution is 5.91. The lowest BCUT2D eigenvalue weighted by molar-refractivity contribution is 0.0525. The summed E-state index contributed by atoms with van der Waals surface area (Å²) in [4.78, 5) is 13.8. The van der Waals surface area contributed by atoms with Crippen LogP contribution in [0.15, 0.2) is 18.2 Å². The Labute approximate surface area is 107 Å². The van der Waals surface area contributed by atoms with Gasteiger partial charge in [0.1, 0.15) is 6.04 Å². The average Bonchev–Trinajstić information content (AvgIpc) is 3.10. The number of nitrogens with zero attached hydrogens (tertiary/aromatic N) is 2. The van der Waals surface area contributed by atoms with E-state index in [1.165, 1.54) is 0 Å². The molecule has 2 atom stereocenters. The molecule has 0 radical (unpaired) electrons. The van der Waals surface area contributed by atoms with Gasteiger partial charge >= 0.3 is 5.97 Å². The molecule has 18 heavy (non-hydrogen) atoms. The van der Waals surface area contributed by atoms with Crippen molar-refractivity contribution in [3.05, 3.63) is 34.9 Å². The van der Waals surface area contributed by atoms with Crippen LogP contribution in [0.2, 0.25) is 0 Å². The molecule has 4 nitrogen and oxygen atoms in total. The second-order valence-corrected chi connectivity index (χ2v) is 4.38. The van der Waals surface area contributed by atoms with Crippen LogP contribution in [-0.4, -0.2) is 30.1 Å². The van der Waals surface area contributed by atoms with Crippen LogP contribution in [0.5, 0.6) is 0 Å². The lowest BCUT2D eigenvalue weighted by Gasteiger charge is -2.10. The highest BCUT2D eigenvalue weighted by Gasteiger charge is 2.34. The van der Waals surface area contributed by atoms with Crippen LogP contribution in [0.4, 0.5) is 0 Å². The van der Waals surface area contributed by atoms with Crippen LogP contribution < -0.4 is 0 Å². The van der Waals surface area contributed by atoms with Crippen molar-refractivity contribution in [1.29, 1.82) is 5.26 Å². The first kappa shape index (κ1) is 12.6. The lowest BCUT2D eigenvalue weighted by Crippen LogP contribution is -2.10. The van der Waals surface area contributed by atoms with Crippen LogP contribution in [0, 0.1) is 18.3 Å². The van der Waals surface area contributed by atoms with E-state index < -0.39 is 0 Å². The molecule has 1 saturated heterocycles. The molecule has 0 aromatic heterocycles. The Bertz CT molecular complexity index is 505. The van der Waals surface area contributed by atoms with E-state index >= 15 is 0 Å².